The van der Waals surface area contributed by atoms with Crippen molar-refractivity contribution in [1.29, 1.82) is 0 Å². The van der Waals surface area contributed by atoms with Crippen molar-refractivity contribution in [3.8, 4) is 0 Å². The zero-order valence-corrected chi connectivity index (χ0v) is 13.6. The monoisotopic (exact) mass is 348 g/mol. The van der Waals surface area contributed by atoms with Crippen LogP contribution in [0.1, 0.15) is 29.4 Å². The fraction of sp³-hybridized carbons (Fsp3) is 0.267. The van der Waals surface area contributed by atoms with Crippen LogP contribution < -0.4 is 10.6 Å². The highest BCUT2D eigenvalue weighted by molar-refractivity contribution is 9.10. The van der Waals surface area contributed by atoms with Crippen molar-refractivity contribution < 1.29 is 4.79 Å². The van der Waals surface area contributed by atoms with Crippen LogP contribution in [0.15, 0.2) is 35.1 Å². The van der Waals surface area contributed by atoms with Crippen molar-refractivity contribution in [2.45, 2.75) is 20.3 Å². The van der Waals surface area contributed by atoms with Gasteiger partial charge in [-0.1, -0.05) is 28.9 Å². The molecule has 1 amide bonds. The van der Waals surface area contributed by atoms with E-state index in [1.54, 1.807) is 6.20 Å². The number of hydrogen-bond donors (Lipinski definition) is 2. The molecule has 2 N–H and O–H groups in total. The Balaban J connectivity index is 2.07. The van der Waals surface area contributed by atoms with Gasteiger partial charge in [0.15, 0.2) is 0 Å². The second-order valence-corrected chi connectivity index (χ2v) is 5.54. The summed E-state index contributed by atoms with van der Waals surface area (Å²) in [5.74, 6) is 0.401. The number of nitrogens with zero attached hydrogens (tertiary/aromatic N) is 2. The summed E-state index contributed by atoms with van der Waals surface area (Å²) in [4.78, 5) is 20.5. The van der Waals surface area contributed by atoms with Gasteiger partial charge in [-0.3, -0.25) is 4.79 Å². The quantitative estimate of drug-likeness (QED) is 0.865. The van der Waals surface area contributed by atoms with E-state index in [0.29, 0.717) is 5.82 Å². The Hall–Kier alpha value is -1.95. The van der Waals surface area contributed by atoms with E-state index < -0.39 is 0 Å². The maximum absolute atomic E-state index is 12.2. The van der Waals surface area contributed by atoms with E-state index in [4.69, 9.17) is 0 Å². The molecule has 0 aliphatic rings. The molecular formula is C15H17BrN4O. The average molecular weight is 349 g/mol. The smallest absolute Gasteiger partial charge is 0.275 e. The second-order valence-electron chi connectivity index (χ2n) is 4.63. The maximum Gasteiger partial charge on any atom is 0.275 e. The normalized spacial score (nSPS) is 10.2. The molecule has 0 unspecified atom stereocenters. The maximum atomic E-state index is 12.2. The molecule has 0 saturated heterocycles. The molecule has 21 heavy (non-hydrogen) atoms. The third-order valence-corrected chi connectivity index (χ3v) is 3.38. The molecule has 5 nitrogen and oxygen atoms in total. The average Bonchev–Trinajstić information content (AvgIpc) is 2.49. The van der Waals surface area contributed by atoms with E-state index in [1.165, 1.54) is 6.20 Å². The highest BCUT2D eigenvalue weighted by Gasteiger charge is 2.10. The van der Waals surface area contributed by atoms with Crippen LogP contribution in [0.25, 0.3) is 0 Å². The molecule has 0 atom stereocenters. The van der Waals surface area contributed by atoms with Crippen LogP contribution in [-0.2, 0) is 0 Å². The molecule has 0 aliphatic carbocycles. The predicted molar refractivity (Wildman–Crippen MR) is 87.6 cm³/mol. The first-order valence-electron chi connectivity index (χ1n) is 6.73. The van der Waals surface area contributed by atoms with E-state index in [1.807, 2.05) is 25.1 Å². The van der Waals surface area contributed by atoms with E-state index >= 15 is 0 Å². The van der Waals surface area contributed by atoms with Gasteiger partial charge in [0.05, 0.1) is 12.4 Å². The van der Waals surface area contributed by atoms with Gasteiger partial charge in [0.2, 0.25) is 0 Å². The summed E-state index contributed by atoms with van der Waals surface area (Å²) in [6.07, 6.45) is 4.05. The summed E-state index contributed by atoms with van der Waals surface area (Å²) in [6, 6.07) is 5.72. The molecule has 2 rings (SSSR count). The zero-order valence-electron chi connectivity index (χ0n) is 12.0. The largest absolute Gasteiger partial charge is 0.369 e. The van der Waals surface area contributed by atoms with Gasteiger partial charge < -0.3 is 10.6 Å². The second kappa shape index (κ2) is 7.17. The number of rotatable bonds is 5. The van der Waals surface area contributed by atoms with Gasteiger partial charge in [-0.25, -0.2) is 9.97 Å². The Morgan fingerprint density at radius 2 is 2.10 bits per heavy atom. The van der Waals surface area contributed by atoms with E-state index in [2.05, 4.69) is 43.5 Å². The summed E-state index contributed by atoms with van der Waals surface area (Å²) in [5.41, 5.74) is 2.03. The Kier molecular flexibility index (Phi) is 5.27. The van der Waals surface area contributed by atoms with Crippen LogP contribution in [-0.4, -0.2) is 22.4 Å². The molecule has 0 radical (unpaired) electrons. The Bertz CT molecular complexity index is 628. The van der Waals surface area contributed by atoms with Gasteiger partial charge in [-0.05, 0) is 31.0 Å². The summed E-state index contributed by atoms with van der Waals surface area (Å²) in [6.45, 7) is 4.84. The number of halogens is 1. The number of nitrogens with one attached hydrogen (secondary N) is 2. The van der Waals surface area contributed by atoms with Crippen LogP contribution in [0.4, 0.5) is 11.5 Å². The standard InChI is InChI=1S/C15H17BrN4O/c1-3-6-17-14-9-18-13(8-19-14)15(21)20-12-7-11(16)5-4-10(12)2/h4-5,7-9H,3,6H2,1-2H3,(H,17,19)(H,20,21). The molecule has 0 saturated carbocycles. The number of aryl methyl sites for hydroxylation is 1. The van der Waals surface area contributed by atoms with Crippen molar-refractivity contribution in [3.63, 3.8) is 0 Å². The van der Waals surface area contributed by atoms with Gasteiger partial charge >= 0.3 is 0 Å². The number of carbonyl (C=O) groups excluding carboxylic acids is 1. The Labute approximate surface area is 132 Å². The number of hydrogen-bond acceptors (Lipinski definition) is 4. The molecular weight excluding hydrogens is 332 g/mol. The fourth-order valence-corrected chi connectivity index (χ4v) is 2.07. The minimum atomic E-state index is -0.272. The van der Waals surface area contributed by atoms with Crippen molar-refractivity contribution in [3.05, 3.63) is 46.3 Å². The van der Waals surface area contributed by atoms with Crippen LogP contribution >= 0.6 is 15.9 Å². The molecule has 1 aromatic carbocycles. The van der Waals surface area contributed by atoms with Crippen LogP contribution in [0.2, 0.25) is 0 Å². The van der Waals surface area contributed by atoms with E-state index in [0.717, 1.165) is 28.7 Å². The first-order valence-corrected chi connectivity index (χ1v) is 7.53. The van der Waals surface area contributed by atoms with E-state index in [9.17, 15) is 4.79 Å². The lowest BCUT2D eigenvalue weighted by molar-refractivity contribution is 0.102. The Morgan fingerprint density at radius 3 is 2.76 bits per heavy atom. The number of aromatic nitrogens is 2. The number of anilines is 2. The van der Waals surface area contributed by atoms with Gasteiger partial charge in [-0.15, -0.1) is 0 Å². The van der Waals surface area contributed by atoms with Gasteiger partial charge in [0.1, 0.15) is 11.5 Å². The fourth-order valence-electron chi connectivity index (χ4n) is 1.70. The molecule has 6 heteroatoms. The summed E-state index contributed by atoms with van der Waals surface area (Å²) < 4.78 is 0.911. The molecule has 0 fully saturated rings. The lowest BCUT2D eigenvalue weighted by Gasteiger charge is -2.09. The third-order valence-electron chi connectivity index (χ3n) is 2.89. The van der Waals surface area contributed by atoms with E-state index in [-0.39, 0.29) is 11.6 Å². The summed E-state index contributed by atoms with van der Waals surface area (Å²) in [7, 11) is 0. The molecule has 0 bridgehead atoms. The number of carbonyl (C=O) groups is 1. The molecule has 1 aromatic heterocycles. The molecule has 0 spiro atoms. The summed E-state index contributed by atoms with van der Waals surface area (Å²) >= 11 is 3.39. The first kappa shape index (κ1) is 15.4. The molecule has 0 aliphatic heterocycles. The van der Waals surface area contributed by atoms with Crippen LogP contribution in [0, 0.1) is 6.92 Å². The van der Waals surface area contributed by atoms with Crippen molar-refractivity contribution in [1.82, 2.24) is 9.97 Å². The van der Waals surface area contributed by atoms with Gasteiger partial charge in [-0.2, -0.15) is 0 Å². The molecule has 1 heterocycles. The van der Waals surface area contributed by atoms with Gasteiger partial charge in [0.25, 0.3) is 5.91 Å². The van der Waals surface area contributed by atoms with Gasteiger partial charge in [0, 0.05) is 16.7 Å². The Morgan fingerprint density at radius 1 is 1.29 bits per heavy atom. The summed E-state index contributed by atoms with van der Waals surface area (Å²) in [5, 5.41) is 5.95. The van der Waals surface area contributed by atoms with Crippen LogP contribution in [0.5, 0.6) is 0 Å². The first-order chi connectivity index (χ1) is 10.1. The highest BCUT2D eigenvalue weighted by Crippen LogP contribution is 2.21. The zero-order chi connectivity index (χ0) is 15.2. The lowest BCUT2D eigenvalue weighted by Crippen LogP contribution is -2.15. The number of amides is 1. The van der Waals surface area contributed by atoms with Crippen molar-refractivity contribution >= 4 is 33.3 Å². The topological polar surface area (TPSA) is 66.9 Å². The van der Waals surface area contributed by atoms with Crippen LogP contribution in [0.3, 0.4) is 0 Å². The van der Waals surface area contributed by atoms with Crippen molar-refractivity contribution in [2.24, 2.45) is 0 Å². The van der Waals surface area contributed by atoms with Crippen molar-refractivity contribution in [2.75, 3.05) is 17.2 Å². The SMILES string of the molecule is CCCNc1cnc(C(=O)Nc2cc(Br)ccc2C)cn1. The number of benzene rings is 1. The third kappa shape index (κ3) is 4.26. The predicted octanol–water partition coefficient (Wildman–Crippen LogP) is 3.62. The minimum Gasteiger partial charge on any atom is -0.369 e. The lowest BCUT2D eigenvalue weighted by atomic mass is 10.2. The molecule has 2 aromatic rings. The minimum absolute atomic E-state index is 0.272. The highest BCUT2D eigenvalue weighted by atomic mass is 79.9. The molecule has 110 valence electrons.